The highest BCUT2D eigenvalue weighted by atomic mass is 32.2. The topological polar surface area (TPSA) is 91.8 Å². The van der Waals surface area contributed by atoms with Crippen LogP contribution >= 0.6 is 0 Å². The fourth-order valence-electron chi connectivity index (χ4n) is 3.83. The van der Waals surface area contributed by atoms with Crippen molar-refractivity contribution in [2.24, 2.45) is 5.92 Å². The SMILES string of the molecule is CC(=O)C(=O)N1CCN(C(=O)C2CCS(=O)(=O)CC2)C(c2ccc(F)c(F)c2)C1. The molecule has 0 bridgehead atoms. The smallest absolute Gasteiger partial charge is 0.289 e. The van der Waals surface area contributed by atoms with Gasteiger partial charge in [0.15, 0.2) is 11.6 Å². The van der Waals surface area contributed by atoms with Crippen LogP contribution in [0.3, 0.4) is 0 Å². The van der Waals surface area contributed by atoms with E-state index in [-0.39, 0.29) is 49.9 Å². The molecule has 0 N–H and O–H groups in total. The third-order valence-corrected chi connectivity index (χ3v) is 7.20. The van der Waals surface area contributed by atoms with E-state index >= 15 is 0 Å². The molecule has 1 aromatic carbocycles. The Hall–Kier alpha value is -2.36. The number of hydrogen-bond donors (Lipinski definition) is 0. The number of carbonyl (C=O) groups is 3. The van der Waals surface area contributed by atoms with E-state index < -0.39 is 45.1 Å². The summed E-state index contributed by atoms with van der Waals surface area (Å²) in [5.74, 6) is -4.35. The lowest BCUT2D eigenvalue weighted by Crippen LogP contribution is -2.55. The Labute approximate surface area is 167 Å². The monoisotopic (exact) mass is 428 g/mol. The zero-order valence-corrected chi connectivity index (χ0v) is 16.8. The van der Waals surface area contributed by atoms with Gasteiger partial charge in [0.1, 0.15) is 9.84 Å². The first-order valence-electron chi connectivity index (χ1n) is 9.35. The summed E-state index contributed by atoms with van der Waals surface area (Å²) in [6.07, 6.45) is 0.413. The molecular weight excluding hydrogens is 406 g/mol. The van der Waals surface area contributed by atoms with Crippen molar-refractivity contribution in [3.63, 3.8) is 0 Å². The molecule has 2 heterocycles. The number of Topliss-reactive ketones (excluding diaryl/α,β-unsaturated/α-hetero) is 1. The van der Waals surface area contributed by atoms with Crippen LogP contribution in [0.2, 0.25) is 0 Å². The van der Waals surface area contributed by atoms with Crippen LogP contribution < -0.4 is 0 Å². The zero-order valence-electron chi connectivity index (χ0n) is 15.9. The normalized spacial score (nSPS) is 22.4. The van der Waals surface area contributed by atoms with Crippen LogP contribution in [0.15, 0.2) is 18.2 Å². The third-order valence-electron chi connectivity index (χ3n) is 5.48. The molecular formula is C19H22F2N2O5S. The second kappa shape index (κ2) is 8.17. The van der Waals surface area contributed by atoms with Crippen LogP contribution in [0.5, 0.6) is 0 Å². The highest BCUT2D eigenvalue weighted by molar-refractivity contribution is 7.91. The number of halogens is 2. The first kappa shape index (κ1) is 21.4. The van der Waals surface area contributed by atoms with Crippen LogP contribution in [0.4, 0.5) is 8.78 Å². The summed E-state index contributed by atoms with van der Waals surface area (Å²) < 4.78 is 50.5. The van der Waals surface area contributed by atoms with Crippen LogP contribution in [-0.4, -0.2) is 67.0 Å². The molecule has 10 heteroatoms. The van der Waals surface area contributed by atoms with E-state index in [4.69, 9.17) is 0 Å². The van der Waals surface area contributed by atoms with E-state index in [2.05, 4.69) is 0 Å². The minimum atomic E-state index is -3.14. The molecule has 158 valence electrons. The predicted molar refractivity (Wildman–Crippen MR) is 99.5 cm³/mol. The first-order chi connectivity index (χ1) is 13.6. The minimum Gasteiger partial charge on any atom is -0.332 e. The maximum absolute atomic E-state index is 13.8. The molecule has 2 aliphatic heterocycles. The van der Waals surface area contributed by atoms with Gasteiger partial charge in [-0.2, -0.15) is 0 Å². The van der Waals surface area contributed by atoms with Gasteiger partial charge in [0, 0.05) is 32.5 Å². The number of nitrogens with zero attached hydrogens (tertiary/aromatic N) is 2. The van der Waals surface area contributed by atoms with Gasteiger partial charge in [0.25, 0.3) is 5.91 Å². The molecule has 3 rings (SSSR count). The van der Waals surface area contributed by atoms with Crippen molar-refractivity contribution < 1.29 is 31.6 Å². The maximum Gasteiger partial charge on any atom is 0.289 e. The number of amides is 2. The Morgan fingerprint density at radius 3 is 2.28 bits per heavy atom. The van der Waals surface area contributed by atoms with E-state index in [0.717, 1.165) is 19.1 Å². The summed E-state index contributed by atoms with van der Waals surface area (Å²) in [4.78, 5) is 39.5. The number of sulfone groups is 1. The van der Waals surface area contributed by atoms with Crippen molar-refractivity contribution in [1.82, 2.24) is 9.80 Å². The van der Waals surface area contributed by atoms with Gasteiger partial charge in [-0.25, -0.2) is 17.2 Å². The largest absolute Gasteiger partial charge is 0.332 e. The van der Waals surface area contributed by atoms with Gasteiger partial charge in [-0.1, -0.05) is 6.07 Å². The molecule has 2 saturated heterocycles. The summed E-state index contributed by atoms with van der Waals surface area (Å²) in [6, 6.07) is 2.52. The van der Waals surface area contributed by atoms with Crippen molar-refractivity contribution >= 4 is 27.4 Å². The van der Waals surface area contributed by atoms with E-state index in [9.17, 15) is 31.6 Å². The molecule has 0 saturated carbocycles. The first-order valence-corrected chi connectivity index (χ1v) is 11.2. The highest BCUT2D eigenvalue weighted by Crippen LogP contribution is 2.31. The van der Waals surface area contributed by atoms with Crippen LogP contribution in [0, 0.1) is 17.6 Å². The van der Waals surface area contributed by atoms with Crippen molar-refractivity contribution in [3.05, 3.63) is 35.4 Å². The van der Waals surface area contributed by atoms with E-state index in [1.54, 1.807) is 0 Å². The molecule has 0 aliphatic carbocycles. The lowest BCUT2D eigenvalue weighted by molar-refractivity contribution is -0.150. The van der Waals surface area contributed by atoms with Crippen LogP contribution in [0.1, 0.15) is 31.4 Å². The van der Waals surface area contributed by atoms with Gasteiger partial charge in [-0.05, 0) is 30.5 Å². The van der Waals surface area contributed by atoms with Gasteiger partial charge < -0.3 is 9.80 Å². The summed E-state index contributed by atoms with van der Waals surface area (Å²) in [5, 5.41) is 0. The molecule has 0 spiro atoms. The number of carbonyl (C=O) groups excluding carboxylic acids is 3. The van der Waals surface area contributed by atoms with Crippen molar-refractivity contribution in [3.8, 4) is 0 Å². The number of rotatable bonds is 3. The fourth-order valence-corrected chi connectivity index (χ4v) is 5.32. The standard InChI is InChI=1S/C19H22F2N2O5S/c1-12(24)18(25)22-6-7-23(19(26)13-4-8-29(27,28)9-5-13)17(11-22)14-2-3-15(20)16(21)10-14/h2-3,10,13,17H,4-9,11H2,1H3. The predicted octanol–water partition coefficient (Wildman–Crippen LogP) is 1.09. The van der Waals surface area contributed by atoms with Gasteiger partial charge in [-0.3, -0.25) is 14.4 Å². The average Bonchev–Trinajstić information content (AvgIpc) is 2.68. The summed E-state index contributed by atoms with van der Waals surface area (Å²) in [5.41, 5.74) is 0.307. The Bertz CT molecular complexity index is 936. The molecule has 2 fully saturated rings. The lowest BCUT2D eigenvalue weighted by Gasteiger charge is -2.43. The number of hydrogen-bond acceptors (Lipinski definition) is 5. The Balaban J connectivity index is 1.87. The summed E-state index contributed by atoms with van der Waals surface area (Å²) in [7, 11) is -3.14. The van der Waals surface area contributed by atoms with Crippen molar-refractivity contribution in [1.29, 1.82) is 0 Å². The molecule has 1 unspecified atom stereocenters. The molecule has 7 nitrogen and oxygen atoms in total. The average molecular weight is 428 g/mol. The van der Waals surface area contributed by atoms with Crippen molar-refractivity contribution in [2.45, 2.75) is 25.8 Å². The maximum atomic E-state index is 13.8. The molecule has 2 amide bonds. The van der Waals surface area contributed by atoms with Gasteiger partial charge in [-0.15, -0.1) is 0 Å². The molecule has 1 aromatic rings. The number of piperazine rings is 1. The van der Waals surface area contributed by atoms with Gasteiger partial charge >= 0.3 is 0 Å². The molecule has 29 heavy (non-hydrogen) atoms. The summed E-state index contributed by atoms with van der Waals surface area (Å²) in [6.45, 7) is 1.37. The van der Waals surface area contributed by atoms with E-state index in [0.29, 0.717) is 5.56 Å². The number of ketones is 1. The Morgan fingerprint density at radius 2 is 1.69 bits per heavy atom. The second-order valence-electron chi connectivity index (χ2n) is 7.45. The molecule has 2 aliphatic rings. The molecule has 0 aromatic heterocycles. The van der Waals surface area contributed by atoms with Crippen molar-refractivity contribution in [2.75, 3.05) is 31.1 Å². The third kappa shape index (κ3) is 4.63. The highest BCUT2D eigenvalue weighted by Gasteiger charge is 2.39. The minimum absolute atomic E-state index is 0.0275. The van der Waals surface area contributed by atoms with Gasteiger partial charge in [0.05, 0.1) is 17.5 Å². The fraction of sp³-hybridized carbons (Fsp3) is 0.526. The Morgan fingerprint density at radius 1 is 1.03 bits per heavy atom. The second-order valence-corrected chi connectivity index (χ2v) is 9.76. The summed E-state index contributed by atoms with van der Waals surface area (Å²) >= 11 is 0. The van der Waals surface area contributed by atoms with Crippen LogP contribution in [-0.2, 0) is 24.2 Å². The Kier molecular flexibility index (Phi) is 6.02. The van der Waals surface area contributed by atoms with E-state index in [1.807, 2.05) is 0 Å². The quantitative estimate of drug-likeness (QED) is 0.672. The van der Waals surface area contributed by atoms with E-state index in [1.165, 1.54) is 15.9 Å². The zero-order chi connectivity index (χ0) is 21.3. The van der Waals surface area contributed by atoms with Gasteiger partial charge in [0.2, 0.25) is 11.7 Å². The number of benzene rings is 1. The van der Waals surface area contributed by atoms with Crippen LogP contribution in [0.25, 0.3) is 0 Å². The molecule has 0 radical (unpaired) electrons. The lowest BCUT2D eigenvalue weighted by atomic mass is 9.96. The molecule has 1 atom stereocenters.